The second kappa shape index (κ2) is 6.58. The van der Waals surface area contributed by atoms with Gasteiger partial charge in [0.1, 0.15) is 10.9 Å². The molecule has 19 heavy (non-hydrogen) atoms. The van der Waals surface area contributed by atoms with Crippen molar-refractivity contribution < 1.29 is 19.4 Å². The van der Waals surface area contributed by atoms with Gasteiger partial charge >= 0.3 is 5.97 Å². The molecule has 0 radical (unpaired) electrons. The van der Waals surface area contributed by atoms with Gasteiger partial charge in [0.05, 0.1) is 11.8 Å². The molecular weight excluding hydrogens is 270 g/mol. The lowest BCUT2D eigenvalue weighted by Gasteiger charge is -2.21. The predicted molar refractivity (Wildman–Crippen MR) is 69.1 cm³/mol. The summed E-state index contributed by atoms with van der Waals surface area (Å²) in [6, 6.07) is -0.989. The molecular formula is C11H17N3O4S. The average Bonchev–Trinajstić information content (AvgIpc) is 2.78. The normalized spacial score (nSPS) is 13.0. The number of carboxylic acid groups (broad SMARTS) is 1. The first-order valence-corrected chi connectivity index (χ1v) is 6.52. The Morgan fingerprint density at radius 1 is 1.53 bits per heavy atom. The van der Waals surface area contributed by atoms with Crippen LogP contribution in [0.15, 0.2) is 6.20 Å². The average molecular weight is 287 g/mol. The van der Waals surface area contributed by atoms with E-state index in [0.29, 0.717) is 0 Å². The number of carbonyl (C=O) groups excluding carboxylic acids is 1. The van der Waals surface area contributed by atoms with Crippen LogP contribution in [-0.4, -0.2) is 44.8 Å². The minimum Gasteiger partial charge on any atom is -0.480 e. The van der Waals surface area contributed by atoms with Crippen molar-refractivity contribution in [3.8, 4) is 0 Å². The van der Waals surface area contributed by atoms with Crippen LogP contribution in [0.4, 0.5) is 0 Å². The van der Waals surface area contributed by atoms with E-state index < -0.39 is 17.9 Å². The van der Waals surface area contributed by atoms with E-state index in [0.717, 1.165) is 11.5 Å². The first kappa shape index (κ1) is 15.5. The first-order chi connectivity index (χ1) is 8.79. The second-order valence-corrected chi connectivity index (χ2v) is 5.68. The minimum atomic E-state index is -1.09. The van der Waals surface area contributed by atoms with E-state index in [-0.39, 0.29) is 23.5 Å². The summed E-state index contributed by atoms with van der Waals surface area (Å²) in [7, 11) is 0. The summed E-state index contributed by atoms with van der Waals surface area (Å²) < 4.78 is 8.99. The van der Waals surface area contributed by atoms with Crippen LogP contribution in [0.2, 0.25) is 0 Å². The summed E-state index contributed by atoms with van der Waals surface area (Å²) in [4.78, 5) is 23.0. The maximum atomic E-state index is 11.7. The van der Waals surface area contributed by atoms with Crippen LogP contribution in [0.25, 0.3) is 0 Å². The Hall–Kier alpha value is -1.54. The lowest BCUT2D eigenvalue weighted by molar-refractivity contribution is -0.140. The van der Waals surface area contributed by atoms with Crippen molar-refractivity contribution in [1.82, 2.24) is 14.9 Å². The monoisotopic (exact) mass is 287 g/mol. The molecule has 0 aliphatic heterocycles. The number of rotatable bonds is 6. The predicted octanol–water partition coefficient (Wildman–Crippen LogP) is 0.926. The molecule has 1 aromatic heterocycles. The van der Waals surface area contributed by atoms with Crippen molar-refractivity contribution in [3.63, 3.8) is 0 Å². The number of hydrogen-bond donors (Lipinski definition) is 2. The second-order valence-electron chi connectivity index (χ2n) is 4.90. The largest absolute Gasteiger partial charge is 0.480 e. The zero-order valence-electron chi connectivity index (χ0n) is 11.0. The Bertz CT molecular complexity index is 428. The first-order valence-electron chi connectivity index (χ1n) is 5.74. The molecule has 0 saturated heterocycles. The molecule has 7 nitrogen and oxygen atoms in total. The van der Waals surface area contributed by atoms with Crippen LogP contribution in [0.3, 0.4) is 0 Å². The smallest absolute Gasteiger partial charge is 0.326 e. The van der Waals surface area contributed by atoms with E-state index in [1.165, 1.54) is 6.20 Å². The molecule has 0 aromatic carbocycles. The number of aliphatic carboxylic acids is 1. The summed E-state index contributed by atoms with van der Waals surface area (Å²) in [6.45, 7) is 5.89. The molecule has 1 rings (SSSR count). The molecule has 1 aromatic rings. The number of carboxylic acids is 1. The van der Waals surface area contributed by atoms with Crippen LogP contribution < -0.4 is 5.32 Å². The highest BCUT2D eigenvalue weighted by molar-refractivity contribution is 7.07. The maximum Gasteiger partial charge on any atom is 0.326 e. The van der Waals surface area contributed by atoms with Gasteiger partial charge in [-0.25, -0.2) is 4.79 Å². The van der Waals surface area contributed by atoms with E-state index in [1.807, 2.05) is 20.8 Å². The quantitative estimate of drug-likeness (QED) is 0.807. The van der Waals surface area contributed by atoms with E-state index in [9.17, 15) is 9.59 Å². The van der Waals surface area contributed by atoms with Crippen molar-refractivity contribution in [2.45, 2.75) is 38.8 Å². The van der Waals surface area contributed by atoms with Crippen molar-refractivity contribution >= 4 is 23.4 Å². The molecule has 0 saturated carbocycles. The fourth-order valence-electron chi connectivity index (χ4n) is 1.24. The van der Waals surface area contributed by atoms with E-state index in [4.69, 9.17) is 9.84 Å². The fraction of sp³-hybridized carbons (Fsp3) is 0.636. The van der Waals surface area contributed by atoms with Crippen LogP contribution in [0.5, 0.6) is 0 Å². The summed E-state index contributed by atoms with van der Waals surface area (Å²) in [5, 5.41) is 15.0. The van der Waals surface area contributed by atoms with Gasteiger partial charge in [0.15, 0.2) is 0 Å². The molecule has 2 N–H and O–H groups in total. The number of aromatic nitrogens is 2. The molecule has 1 unspecified atom stereocenters. The zero-order chi connectivity index (χ0) is 14.5. The lowest BCUT2D eigenvalue weighted by atomic mass is 10.1. The van der Waals surface area contributed by atoms with E-state index in [1.54, 1.807) is 0 Å². The molecule has 1 atom stereocenters. The summed E-state index contributed by atoms with van der Waals surface area (Å²) in [6.07, 6.45) is 1.50. The third kappa shape index (κ3) is 5.75. The number of amides is 1. The van der Waals surface area contributed by atoms with Crippen LogP contribution in [-0.2, 0) is 9.53 Å². The van der Waals surface area contributed by atoms with Crippen molar-refractivity contribution in [2.75, 3.05) is 6.61 Å². The van der Waals surface area contributed by atoms with Crippen molar-refractivity contribution in [1.29, 1.82) is 0 Å². The molecule has 1 heterocycles. The third-order valence-corrected chi connectivity index (χ3v) is 2.79. The molecule has 0 bridgehead atoms. The van der Waals surface area contributed by atoms with Crippen LogP contribution >= 0.6 is 11.5 Å². The number of ether oxygens (including phenoxy) is 1. The summed E-state index contributed by atoms with van der Waals surface area (Å²) in [5.41, 5.74) is -0.339. The number of carbonyl (C=O) groups is 2. The topological polar surface area (TPSA) is 101 Å². The molecule has 106 valence electrons. The highest BCUT2D eigenvalue weighted by Crippen LogP contribution is 2.09. The zero-order valence-corrected chi connectivity index (χ0v) is 11.9. The van der Waals surface area contributed by atoms with E-state index in [2.05, 4.69) is 14.9 Å². The Labute approximate surface area is 115 Å². The van der Waals surface area contributed by atoms with Gasteiger partial charge in [0, 0.05) is 13.0 Å². The highest BCUT2D eigenvalue weighted by Gasteiger charge is 2.22. The van der Waals surface area contributed by atoms with Crippen molar-refractivity contribution in [3.05, 3.63) is 11.1 Å². The molecule has 0 fully saturated rings. The van der Waals surface area contributed by atoms with Gasteiger partial charge in [-0.1, -0.05) is 4.49 Å². The van der Waals surface area contributed by atoms with Gasteiger partial charge in [-0.05, 0) is 32.3 Å². The molecule has 0 aliphatic carbocycles. The standard InChI is InChI=1S/C11H17N3O4S/c1-11(2,3)18-5-4-7(10(16)17)13-9(15)8-6-12-14-19-8/h6-7H,4-5H2,1-3H3,(H,13,15)(H,16,17). The Morgan fingerprint density at radius 3 is 2.68 bits per heavy atom. The van der Waals surface area contributed by atoms with Gasteiger partial charge in [0.25, 0.3) is 5.91 Å². The van der Waals surface area contributed by atoms with Gasteiger partial charge in [0.2, 0.25) is 0 Å². The van der Waals surface area contributed by atoms with Gasteiger partial charge < -0.3 is 15.2 Å². The number of hydrogen-bond acceptors (Lipinski definition) is 6. The van der Waals surface area contributed by atoms with Crippen molar-refractivity contribution in [2.24, 2.45) is 0 Å². The Balaban J connectivity index is 2.49. The van der Waals surface area contributed by atoms with Gasteiger partial charge in [-0.2, -0.15) is 0 Å². The van der Waals surface area contributed by atoms with Gasteiger partial charge in [-0.3, -0.25) is 4.79 Å². The lowest BCUT2D eigenvalue weighted by Crippen LogP contribution is -2.41. The summed E-state index contributed by atoms with van der Waals surface area (Å²) >= 11 is 0.915. The van der Waals surface area contributed by atoms with Gasteiger partial charge in [-0.15, -0.1) is 5.10 Å². The van der Waals surface area contributed by atoms with Crippen LogP contribution in [0.1, 0.15) is 36.9 Å². The molecule has 0 aliphatic rings. The molecule has 1 amide bonds. The molecule has 0 spiro atoms. The number of nitrogens with one attached hydrogen (secondary N) is 1. The Kier molecular flexibility index (Phi) is 5.37. The molecule has 8 heteroatoms. The Morgan fingerprint density at radius 2 is 2.21 bits per heavy atom. The fourth-order valence-corrected chi connectivity index (χ4v) is 1.66. The van der Waals surface area contributed by atoms with Crippen LogP contribution in [0, 0.1) is 0 Å². The minimum absolute atomic E-state index is 0.199. The SMILES string of the molecule is CC(C)(C)OCCC(NC(=O)c1cnns1)C(=O)O. The maximum absolute atomic E-state index is 11.7. The number of nitrogens with zero attached hydrogens (tertiary/aromatic N) is 2. The third-order valence-electron chi connectivity index (χ3n) is 2.13. The van der Waals surface area contributed by atoms with E-state index >= 15 is 0 Å². The summed E-state index contributed by atoms with van der Waals surface area (Å²) in [5.74, 6) is -1.58. The highest BCUT2D eigenvalue weighted by atomic mass is 32.1.